The van der Waals surface area contributed by atoms with Gasteiger partial charge in [0, 0.05) is 34.6 Å². The van der Waals surface area contributed by atoms with E-state index in [1.54, 1.807) is 6.20 Å². The molecule has 0 atom stereocenters. The second kappa shape index (κ2) is 9.08. The number of aryl methyl sites for hydroxylation is 2. The molecule has 0 aliphatic heterocycles. The van der Waals surface area contributed by atoms with Crippen LogP contribution in [0.4, 0.5) is 0 Å². The third-order valence-corrected chi connectivity index (χ3v) is 4.57. The molecule has 0 saturated heterocycles. The van der Waals surface area contributed by atoms with Gasteiger partial charge in [-0.2, -0.15) is 0 Å². The number of halogens is 1. The van der Waals surface area contributed by atoms with Crippen LogP contribution in [0.1, 0.15) is 34.2 Å². The van der Waals surface area contributed by atoms with Gasteiger partial charge in [-0.1, -0.05) is 24.6 Å². The number of imidazole rings is 1. The number of rotatable bonds is 4. The van der Waals surface area contributed by atoms with Crippen molar-refractivity contribution in [2.45, 2.75) is 27.3 Å². The zero-order valence-corrected chi connectivity index (χ0v) is 17.2. The van der Waals surface area contributed by atoms with E-state index in [-0.39, 0.29) is 0 Å². The second-order valence-corrected chi connectivity index (χ2v) is 6.97. The summed E-state index contributed by atoms with van der Waals surface area (Å²) in [6.07, 6.45) is 2.39. The Kier molecular flexibility index (Phi) is 7.07. The van der Waals surface area contributed by atoms with E-state index in [0.29, 0.717) is 29.3 Å². The smallest absolute Gasteiger partial charge is 0.235 e. The zero-order chi connectivity index (χ0) is 20.1. The van der Waals surface area contributed by atoms with E-state index in [0.717, 1.165) is 34.6 Å². The Hall–Kier alpha value is -2.28. The number of hydrogen-bond donors (Lipinski definition) is 1. The molecule has 6 nitrogen and oxygen atoms in total. The van der Waals surface area contributed by atoms with Gasteiger partial charge < -0.3 is 10.6 Å². The molecule has 7 heteroatoms. The van der Waals surface area contributed by atoms with Gasteiger partial charge in [0.1, 0.15) is 5.69 Å². The summed E-state index contributed by atoms with van der Waals surface area (Å²) >= 11 is 6.05. The van der Waals surface area contributed by atoms with Crippen LogP contribution in [0, 0.1) is 13.8 Å². The highest BCUT2D eigenvalue weighted by molar-refractivity contribution is 6.30. The predicted octanol–water partition coefficient (Wildman–Crippen LogP) is 3.51. The van der Waals surface area contributed by atoms with Gasteiger partial charge >= 0.3 is 0 Å². The summed E-state index contributed by atoms with van der Waals surface area (Å²) in [5, 5.41) is 0.678. The van der Waals surface area contributed by atoms with E-state index < -0.39 is 0 Å². The fraction of sp³-hybridized carbons (Fsp3) is 0.350. The normalized spacial score (nSPS) is 10.8. The Bertz CT molecular complexity index is 949. The highest BCUT2D eigenvalue weighted by Crippen LogP contribution is 2.30. The van der Waals surface area contributed by atoms with E-state index in [4.69, 9.17) is 17.3 Å². The van der Waals surface area contributed by atoms with Crippen LogP contribution >= 0.6 is 11.6 Å². The van der Waals surface area contributed by atoms with Gasteiger partial charge in [0.05, 0.1) is 5.69 Å². The van der Waals surface area contributed by atoms with Crippen molar-refractivity contribution in [3.05, 3.63) is 51.9 Å². The fourth-order valence-corrected chi connectivity index (χ4v) is 2.88. The van der Waals surface area contributed by atoms with Crippen molar-refractivity contribution in [3.8, 4) is 11.3 Å². The number of carbonyl (C=O) groups excluding carboxylic acids is 1. The summed E-state index contributed by atoms with van der Waals surface area (Å²) < 4.78 is 1.81. The van der Waals surface area contributed by atoms with Crippen LogP contribution in [-0.4, -0.2) is 46.2 Å². The van der Waals surface area contributed by atoms with Crippen LogP contribution in [0.5, 0.6) is 0 Å². The summed E-state index contributed by atoms with van der Waals surface area (Å²) in [5.74, 6) is 0.487. The molecule has 0 bridgehead atoms. The summed E-state index contributed by atoms with van der Waals surface area (Å²) in [4.78, 5) is 21.8. The lowest BCUT2D eigenvalue weighted by molar-refractivity contribution is 0.111. The first kappa shape index (κ1) is 21.0. The van der Waals surface area contributed by atoms with E-state index >= 15 is 0 Å². The summed E-state index contributed by atoms with van der Waals surface area (Å²) in [6, 6.07) is 5.69. The Balaban J connectivity index is 0.000000465. The molecule has 2 heterocycles. The summed E-state index contributed by atoms with van der Waals surface area (Å²) in [7, 11) is 4.11. The Morgan fingerprint density at radius 2 is 1.93 bits per heavy atom. The highest BCUT2D eigenvalue weighted by Gasteiger charge is 2.17. The molecule has 3 rings (SSSR count). The van der Waals surface area contributed by atoms with Gasteiger partial charge in [-0.15, -0.1) is 0 Å². The molecule has 0 radical (unpaired) electrons. The Morgan fingerprint density at radius 1 is 1.26 bits per heavy atom. The van der Waals surface area contributed by atoms with Crippen molar-refractivity contribution < 1.29 is 4.79 Å². The first-order valence-electron chi connectivity index (χ1n) is 8.77. The molecule has 1 aromatic carbocycles. The topological polar surface area (TPSA) is 76.5 Å². The quantitative estimate of drug-likeness (QED) is 0.693. The lowest BCUT2D eigenvalue weighted by Crippen LogP contribution is -2.09. The molecule has 0 saturated carbocycles. The number of aldehydes is 1. The van der Waals surface area contributed by atoms with Crippen LogP contribution in [0.25, 0.3) is 17.0 Å². The maximum absolute atomic E-state index is 11.0. The van der Waals surface area contributed by atoms with E-state index in [2.05, 4.69) is 35.9 Å². The predicted molar refractivity (Wildman–Crippen MR) is 110 cm³/mol. The van der Waals surface area contributed by atoms with Crippen molar-refractivity contribution in [2.75, 3.05) is 20.6 Å². The highest BCUT2D eigenvalue weighted by atomic mass is 35.5. The third-order valence-electron chi connectivity index (χ3n) is 4.34. The average molecular weight is 388 g/mol. The lowest BCUT2D eigenvalue weighted by atomic mass is 10.00. The maximum atomic E-state index is 11.0. The molecular formula is C20H26ClN5O. The SMILES string of the molecule is CCN(C)C.Cc1cc(Cl)ccc1-c1c(CN)c(C)nc2nc(C=O)cn12. The van der Waals surface area contributed by atoms with Crippen molar-refractivity contribution >= 4 is 23.7 Å². The third kappa shape index (κ3) is 4.71. The number of nitrogens with two attached hydrogens (primary N) is 1. The Labute approximate surface area is 165 Å². The number of nitrogens with zero attached hydrogens (tertiary/aromatic N) is 4. The monoisotopic (exact) mass is 387 g/mol. The van der Waals surface area contributed by atoms with Crippen molar-refractivity contribution in [1.29, 1.82) is 0 Å². The zero-order valence-electron chi connectivity index (χ0n) is 16.5. The minimum absolute atomic E-state index is 0.342. The van der Waals surface area contributed by atoms with Gasteiger partial charge in [-0.05, 0) is 52.2 Å². The van der Waals surface area contributed by atoms with Crippen LogP contribution in [0.15, 0.2) is 24.4 Å². The summed E-state index contributed by atoms with van der Waals surface area (Å²) in [5.41, 5.74) is 10.9. The van der Waals surface area contributed by atoms with Crippen LogP contribution < -0.4 is 5.73 Å². The van der Waals surface area contributed by atoms with Crippen molar-refractivity contribution in [1.82, 2.24) is 19.3 Å². The Morgan fingerprint density at radius 3 is 2.44 bits per heavy atom. The van der Waals surface area contributed by atoms with E-state index in [1.807, 2.05) is 36.4 Å². The van der Waals surface area contributed by atoms with Crippen LogP contribution in [0.3, 0.4) is 0 Å². The number of carbonyl (C=O) groups is 1. The van der Waals surface area contributed by atoms with Gasteiger partial charge in [0.15, 0.2) is 6.29 Å². The fourth-order valence-electron chi connectivity index (χ4n) is 2.65. The molecular weight excluding hydrogens is 362 g/mol. The van der Waals surface area contributed by atoms with Crippen molar-refractivity contribution in [3.63, 3.8) is 0 Å². The number of benzene rings is 1. The van der Waals surface area contributed by atoms with Gasteiger partial charge in [0.25, 0.3) is 0 Å². The molecule has 0 unspecified atom stereocenters. The summed E-state index contributed by atoms with van der Waals surface area (Å²) in [6.45, 7) is 7.49. The minimum atomic E-state index is 0.342. The number of hydrogen-bond acceptors (Lipinski definition) is 5. The minimum Gasteiger partial charge on any atom is -0.326 e. The average Bonchev–Trinajstić information content (AvgIpc) is 3.04. The van der Waals surface area contributed by atoms with E-state index in [1.165, 1.54) is 0 Å². The number of fused-ring (bicyclic) bond motifs is 1. The van der Waals surface area contributed by atoms with Gasteiger partial charge in [0.2, 0.25) is 5.78 Å². The number of aromatic nitrogens is 3. The largest absolute Gasteiger partial charge is 0.326 e. The van der Waals surface area contributed by atoms with Gasteiger partial charge in [-0.25, -0.2) is 9.97 Å². The van der Waals surface area contributed by atoms with Crippen molar-refractivity contribution in [2.24, 2.45) is 5.73 Å². The van der Waals surface area contributed by atoms with Crippen LogP contribution in [-0.2, 0) is 6.54 Å². The molecule has 2 N–H and O–H groups in total. The molecule has 0 spiro atoms. The van der Waals surface area contributed by atoms with Gasteiger partial charge in [-0.3, -0.25) is 9.20 Å². The van der Waals surface area contributed by atoms with Crippen LogP contribution in [0.2, 0.25) is 5.02 Å². The standard InChI is InChI=1S/C16H15ClN4O.C4H11N/c1-9-5-11(17)3-4-13(9)15-14(6-18)10(2)19-16-20-12(8-22)7-21(15)16;1-4-5(2)3/h3-5,7-8H,6,18H2,1-2H3;4H2,1-3H3. The first-order valence-corrected chi connectivity index (χ1v) is 9.15. The molecule has 0 fully saturated rings. The first-order chi connectivity index (χ1) is 12.8. The second-order valence-electron chi connectivity index (χ2n) is 6.54. The molecule has 0 aliphatic carbocycles. The molecule has 0 aliphatic rings. The molecule has 27 heavy (non-hydrogen) atoms. The lowest BCUT2D eigenvalue weighted by Gasteiger charge is -2.15. The maximum Gasteiger partial charge on any atom is 0.235 e. The molecule has 3 aromatic rings. The molecule has 144 valence electrons. The molecule has 2 aromatic heterocycles. The van der Waals surface area contributed by atoms with E-state index in [9.17, 15) is 4.79 Å². The molecule has 0 amide bonds.